The number of hydrogen-bond donors (Lipinski definition) is 1. The van der Waals surface area contributed by atoms with Crippen molar-refractivity contribution in [2.75, 3.05) is 11.9 Å². The second-order valence-electron chi connectivity index (χ2n) is 3.97. The van der Waals surface area contributed by atoms with E-state index in [9.17, 15) is 4.39 Å². The summed E-state index contributed by atoms with van der Waals surface area (Å²) in [5.41, 5.74) is 0.976. The van der Waals surface area contributed by atoms with Gasteiger partial charge in [-0.2, -0.15) is 0 Å². The molecule has 1 aromatic carbocycles. The van der Waals surface area contributed by atoms with E-state index in [1.165, 1.54) is 38.2 Å². The molecule has 1 nitrogen and oxygen atoms in total. The van der Waals surface area contributed by atoms with Crippen molar-refractivity contribution in [3.05, 3.63) is 28.5 Å². The molecule has 1 rings (SSSR count). The zero-order chi connectivity index (χ0) is 11.8. The molecule has 0 saturated heterocycles. The minimum atomic E-state index is -0.214. The Kier molecular flexibility index (Phi) is 6.46. The third kappa shape index (κ3) is 4.97. The van der Waals surface area contributed by atoms with Crippen LogP contribution in [0.3, 0.4) is 0 Å². The molecule has 0 heterocycles. The van der Waals surface area contributed by atoms with Crippen molar-refractivity contribution in [2.24, 2.45) is 0 Å². The average molecular weight is 288 g/mol. The van der Waals surface area contributed by atoms with Crippen molar-refractivity contribution in [1.29, 1.82) is 0 Å². The summed E-state index contributed by atoms with van der Waals surface area (Å²) in [6.45, 7) is 3.18. The van der Waals surface area contributed by atoms with Gasteiger partial charge in [-0.05, 0) is 40.5 Å². The van der Waals surface area contributed by atoms with Gasteiger partial charge in [0.25, 0.3) is 0 Å². The first-order valence-corrected chi connectivity index (χ1v) is 6.72. The van der Waals surface area contributed by atoms with Crippen molar-refractivity contribution < 1.29 is 4.39 Å². The summed E-state index contributed by atoms with van der Waals surface area (Å²) < 4.78 is 13.5. The van der Waals surface area contributed by atoms with Crippen LogP contribution in [0.15, 0.2) is 22.7 Å². The van der Waals surface area contributed by atoms with Gasteiger partial charge < -0.3 is 5.32 Å². The zero-order valence-corrected chi connectivity index (χ0v) is 11.3. The molecule has 0 radical (unpaired) electrons. The first-order valence-electron chi connectivity index (χ1n) is 5.93. The Balaban J connectivity index is 2.19. The fourth-order valence-electron chi connectivity index (χ4n) is 1.57. The van der Waals surface area contributed by atoms with E-state index in [0.29, 0.717) is 4.47 Å². The van der Waals surface area contributed by atoms with Crippen molar-refractivity contribution >= 4 is 21.6 Å². The maximum Gasteiger partial charge on any atom is 0.137 e. The zero-order valence-electron chi connectivity index (χ0n) is 9.73. The number of benzene rings is 1. The second kappa shape index (κ2) is 7.66. The van der Waals surface area contributed by atoms with Crippen LogP contribution in [0.1, 0.15) is 39.0 Å². The van der Waals surface area contributed by atoms with Crippen LogP contribution < -0.4 is 5.32 Å². The predicted octanol–water partition coefficient (Wildman–Crippen LogP) is 4.97. The fourth-order valence-corrected chi connectivity index (χ4v) is 1.95. The van der Waals surface area contributed by atoms with E-state index < -0.39 is 0 Å². The Morgan fingerprint density at radius 3 is 2.62 bits per heavy atom. The van der Waals surface area contributed by atoms with Gasteiger partial charge in [-0.25, -0.2) is 4.39 Å². The van der Waals surface area contributed by atoms with Crippen molar-refractivity contribution in [1.82, 2.24) is 0 Å². The van der Waals surface area contributed by atoms with Gasteiger partial charge in [-0.15, -0.1) is 0 Å². The van der Waals surface area contributed by atoms with E-state index in [2.05, 4.69) is 28.2 Å². The van der Waals surface area contributed by atoms with Crippen LogP contribution in [0.2, 0.25) is 0 Å². The lowest BCUT2D eigenvalue weighted by molar-refractivity contribution is 0.621. The SMILES string of the molecule is CCCCCCCNc1ccc(F)c(Br)c1. The number of hydrogen-bond acceptors (Lipinski definition) is 1. The molecule has 0 bridgehead atoms. The third-order valence-electron chi connectivity index (χ3n) is 2.53. The van der Waals surface area contributed by atoms with E-state index in [1.807, 2.05) is 0 Å². The predicted molar refractivity (Wildman–Crippen MR) is 71.3 cm³/mol. The first kappa shape index (κ1) is 13.5. The quantitative estimate of drug-likeness (QED) is 0.698. The highest BCUT2D eigenvalue weighted by Gasteiger charge is 1.99. The number of nitrogens with one attached hydrogen (secondary N) is 1. The molecule has 3 heteroatoms. The van der Waals surface area contributed by atoms with Gasteiger partial charge in [-0.1, -0.05) is 32.6 Å². The van der Waals surface area contributed by atoms with Crippen LogP contribution >= 0.6 is 15.9 Å². The minimum Gasteiger partial charge on any atom is -0.385 e. The Morgan fingerprint density at radius 1 is 1.19 bits per heavy atom. The maximum absolute atomic E-state index is 13.0. The lowest BCUT2D eigenvalue weighted by atomic mass is 10.1. The molecule has 0 aliphatic heterocycles. The molecule has 0 fully saturated rings. The molecule has 0 spiro atoms. The molecule has 1 N–H and O–H groups in total. The van der Waals surface area contributed by atoms with Crippen LogP contribution in [-0.2, 0) is 0 Å². The van der Waals surface area contributed by atoms with Crippen LogP contribution in [-0.4, -0.2) is 6.54 Å². The topological polar surface area (TPSA) is 12.0 Å². The number of rotatable bonds is 7. The molecule has 16 heavy (non-hydrogen) atoms. The molecular weight excluding hydrogens is 269 g/mol. The Bertz CT molecular complexity index is 315. The molecule has 0 atom stereocenters. The molecular formula is C13H19BrFN. The summed E-state index contributed by atoms with van der Waals surface area (Å²) in [6, 6.07) is 5.02. The van der Waals surface area contributed by atoms with Gasteiger partial charge >= 0.3 is 0 Å². The Morgan fingerprint density at radius 2 is 1.94 bits per heavy atom. The number of anilines is 1. The molecule has 0 aromatic heterocycles. The standard InChI is InChI=1S/C13H19BrFN/c1-2-3-4-5-6-9-16-11-7-8-13(15)12(14)10-11/h7-8,10,16H,2-6,9H2,1H3. The van der Waals surface area contributed by atoms with Crippen LogP contribution in [0, 0.1) is 5.82 Å². The lowest BCUT2D eigenvalue weighted by Gasteiger charge is -2.06. The Hall–Kier alpha value is -0.570. The number of halogens is 2. The van der Waals surface area contributed by atoms with Gasteiger partial charge in [0.2, 0.25) is 0 Å². The normalized spacial score (nSPS) is 10.4. The lowest BCUT2D eigenvalue weighted by Crippen LogP contribution is -2.01. The molecule has 1 aromatic rings. The van der Waals surface area contributed by atoms with E-state index in [-0.39, 0.29) is 5.82 Å². The monoisotopic (exact) mass is 287 g/mol. The summed E-state index contributed by atoms with van der Waals surface area (Å²) in [6.07, 6.45) is 6.35. The highest BCUT2D eigenvalue weighted by atomic mass is 79.9. The molecule has 0 aliphatic rings. The molecule has 0 unspecified atom stereocenters. The van der Waals surface area contributed by atoms with Crippen molar-refractivity contribution in [3.63, 3.8) is 0 Å². The molecule has 0 amide bonds. The number of unbranched alkanes of at least 4 members (excludes halogenated alkanes) is 4. The van der Waals surface area contributed by atoms with E-state index in [1.54, 1.807) is 12.1 Å². The van der Waals surface area contributed by atoms with Crippen molar-refractivity contribution in [3.8, 4) is 0 Å². The highest BCUT2D eigenvalue weighted by Crippen LogP contribution is 2.19. The highest BCUT2D eigenvalue weighted by molar-refractivity contribution is 9.10. The molecule has 90 valence electrons. The van der Waals surface area contributed by atoms with E-state index in [0.717, 1.165) is 12.2 Å². The van der Waals surface area contributed by atoms with Crippen molar-refractivity contribution in [2.45, 2.75) is 39.0 Å². The molecule has 0 aliphatic carbocycles. The van der Waals surface area contributed by atoms with E-state index in [4.69, 9.17) is 0 Å². The molecule has 0 saturated carbocycles. The maximum atomic E-state index is 13.0. The third-order valence-corrected chi connectivity index (χ3v) is 3.14. The van der Waals surface area contributed by atoms with Gasteiger partial charge in [0.1, 0.15) is 5.82 Å². The smallest absolute Gasteiger partial charge is 0.137 e. The fraction of sp³-hybridized carbons (Fsp3) is 0.538. The largest absolute Gasteiger partial charge is 0.385 e. The van der Waals surface area contributed by atoms with Gasteiger partial charge in [-0.3, -0.25) is 0 Å². The summed E-state index contributed by atoms with van der Waals surface area (Å²) >= 11 is 3.17. The van der Waals surface area contributed by atoms with Gasteiger partial charge in [0.05, 0.1) is 4.47 Å². The van der Waals surface area contributed by atoms with Crippen LogP contribution in [0.25, 0.3) is 0 Å². The average Bonchev–Trinajstić information content (AvgIpc) is 2.28. The minimum absolute atomic E-state index is 0.214. The van der Waals surface area contributed by atoms with E-state index >= 15 is 0 Å². The summed E-state index contributed by atoms with van der Waals surface area (Å²) in [7, 11) is 0. The first-order chi connectivity index (χ1) is 7.74. The Labute approximate surface area is 106 Å². The second-order valence-corrected chi connectivity index (χ2v) is 4.82. The summed E-state index contributed by atoms with van der Waals surface area (Å²) in [5, 5.41) is 3.29. The van der Waals surface area contributed by atoms with Crippen LogP contribution in [0.4, 0.5) is 10.1 Å². The van der Waals surface area contributed by atoms with Gasteiger partial charge in [0.15, 0.2) is 0 Å². The van der Waals surface area contributed by atoms with Crippen LogP contribution in [0.5, 0.6) is 0 Å². The van der Waals surface area contributed by atoms with Gasteiger partial charge in [0, 0.05) is 12.2 Å². The summed E-state index contributed by atoms with van der Waals surface area (Å²) in [5.74, 6) is -0.214. The summed E-state index contributed by atoms with van der Waals surface area (Å²) in [4.78, 5) is 0.